The number of rotatable bonds is 5. The lowest BCUT2D eigenvalue weighted by Gasteiger charge is -2.04. The van der Waals surface area contributed by atoms with E-state index in [-0.39, 0.29) is 0 Å². The highest BCUT2D eigenvalue weighted by atomic mass is 16.5. The van der Waals surface area contributed by atoms with E-state index in [1.54, 1.807) is 54.6 Å². The fourth-order valence-electron chi connectivity index (χ4n) is 1.14. The molecule has 0 bridgehead atoms. The Kier molecular flexibility index (Phi) is 5.25. The van der Waals surface area contributed by atoms with E-state index < -0.39 is 5.97 Å². The minimum Gasteiger partial charge on any atom is -0.423 e. The van der Waals surface area contributed by atoms with Crippen LogP contribution in [-0.2, 0) is 4.74 Å². The van der Waals surface area contributed by atoms with Crippen LogP contribution in [0.4, 0.5) is 0 Å². The SMILES string of the molecule is C=C/C=C\C(=C/C=C)OC(=O)c1ccccc1. The molecule has 86 valence electrons. The molecule has 0 saturated heterocycles. The Labute approximate surface area is 101 Å². The lowest BCUT2D eigenvalue weighted by atomic mass is 10.2. The van der Waals surface area contributed by atoms with Crippen LogP contribution >= 0.6 is 0 Å². The third-order valence-corrected chi connectivity index (χ3v) is 1.90. The van der Waals surface area contributed by atoms with Crippen LogP contribution in [0.5, 0.6) is 0 Å². The molecule has 0 N–H and O–H groups in total. The van der Waals surface area contributed by atoms with E-state index in [1.165, 1.54) is 0 Å². The maximum absolute atomic E-state index is 11.7. The Bertz CT molecular complexity index is 453. The highest BCUT2D eigenvalue weighted by Gasteiger charge is 2.07. The second-order valence-corrected chi connectivity index (χ2v) is 3.16. The fraction of sp³-hybridized carbons (Fsp3) is 0. The van der Waals surface area contributed by atoms with Gasteiger partial charge in [0.25, 0.3) is 0 Å². The van der Waals surface area contributed by atoms with Gasteiger partial charge in [0.2, 0.25) is 0 Å². The minimum atomic E-state index is -0.396. The van der Waals surface area contributed by atoms with Crippen LogP contribution in [-0.4, -0.2) is 5.97 Å². The molecule has 0 aliphatic carbocycles. The number of ether oxygens (including phenoxy) is 1. The van der Waals surface area contributed by atoms with Gasteiger partial charge in [0, 0.05) is 0 Å². The summed E-state index contributed by atoms with van der Waals surface area (Å²) in [5, 5.41) is 0. The molecule has 17 heavy (non-hydrogen) atoms. The van der Waals surface area contributed by atoms with Crippen molar-refractivity contribution in [2.75, 3.05) is 0 Å². The zero-order valence-electron chi connectivity index (χ0n) is 9.50. The average Bonchev–Trinajstić information content (AvgIpc) is 2.37. The first-order chi connectivity index (χ1) is 8.27. The summed E-state index contributed by atoms with van der Waals surface area (Å²) in [5.41, 5.74) is 0.509. The monoisotopic (exact) mass is 226 g/mol. The number of carbonyl (C=O) groups excluding carboxylic acids is 1. The molecule has 1 rings (SSSR count). The number of hydrogen-bond acceptors (Lipinski definition) is 2. The summed E-state index contributed by atoms with van der Waals surface area (Å²) < 4.78 is 5.20. The van der Waals surface area contributed by atoms with Gasteiger partial charge in [0.1, 0.15) is 5.76 Å². The normalized spacial score (nSPS) is 11.2. The highest BCUT2D eigenvalue weighted by Crippen LogP contribution is 2.07. The van der Waals surface area contributed by atoms with Crippen molar-refractivity contribution in [3.63, 3.8) is 0 Å². The Morgan fingerprint density at radius 2 is 1.82 bits per heavy atom. The number of hydrogen-bond donors (Lipinski definition) is 0. The lowest BCUT2D eigenvalue weighted by molar-refractivity contribution is 0.0637. The Morgan fingerprint density at radius 1 is 1.12 bits per heavy atom. The van der Waals surface area contributed by atoms with Gasteiger partial charge >= 0.3 is 5.97 Å². The second-order valence-electron chi connectivity index (χ2n) is 3.16. The largest absolute Gasteiger partial charge is 0.423 e. The van der Waals surface area contributed by atoms with Crippen LogP contribution in [0.1, 0.15) is 10.4 Å². The third-order valence-electron chi connectivity index (χ3n) is 1.90. The zero-order valence-corrected chi connectivity index (χ0v) is 9.50. The molecule has 1 aromatic carbocycles. The van der Waals surface area contributed by atoms with Crippen molar-refractivity contribution < 1.29 is 9.53 Å². The molecule has 1 aromatic rings. The van der Waals surface area contributed by atoms with Gasteiger partial charge in [0.05, 0.1) is 5.56 Å². The Hall–Kier alpha value is -2.35. The first-order valence-corrected chi connectivity index (χ1v) is 5.17. The molecule has 0 heterocycles. The highest BCUT2D eigenvalue weighted by molar-refractivity contribution is 5.90. The van der Waals surface area contributed by atoms with Crippen molar-refractivity contribution >= 4 is 5.97 Å². The van der Waals surface area contributed by atoms with E-state index in [0.717, 1.165) is 0 Å². The molecular formula is C15H14O2. The van der Waals surface area contributed by atoms with Crippen LogP contribution in [0.2, 0.25) is 0 Å². The topological polar surface area (TPSA) is 26.3 Å². The third kappa shape index (κ3) is 4.34. The molecule has 0 fully saturated rings. The molecule has 0 aliphatic heterocycles. The van der Waals surface area contributed by atoms with Crippen molar-refractivity contribution in [1.82, 2.24) is 0 Å². The first kappa shape index (κ1) is 12.7. The summed E-state index contributed by atoms with van der Waals surface area (Å²) in [6.07, 6.45) is 8.11. The molecule has 2 heteroatoms. The number of esters is 1. The van der Waals surface area contributed by atoms with Gasteiger partial charge < -0.3 is 4.74 Å². The smallest absolute Gasteiger partial charge is 0.343 e. The molecule has 0 atom stereocenters. The molecule has 0 radical (unpaired) electrons. The van der Waals surface area contributed by atoms with Gasteiger partial charge in [-0.15, -0.1) is 0 Å². The van der Waals surface area contributed by atoms with Gasteiger partial charge in [-0.2, -0.15) is 0 Å². The minimum absolute atomic E-state index is 0.396. The van der Waals surface area contributed by atoms with Crippen LogP contribution in [0.15, 0.2) is 79.6 Å². The molecule has 2 nitrogen and oxygen atoms in total. The van der Waals surface area contributed by atoms with Crippen molar-refractivity contribution in [2.45, 2.75) is 0 Å². The van der Waals surface area contributed by atoms with E-state index in [9.17, 15) is 4.79 Å². The molecule has 0 aromatic heterocycles. The second kappa shape index (κ2) is 7.01. The van der Waals surface area contributed by atoms with E-state index in [1.807, 2.05) is 6.07 Å². The Morgan fingerprint density at radius 3 is 2.41 bits per heavy atom. The predicted molar refractivity (Wildman–Crippen MR) is 69.5 cm³/mol. The number of carbonyl (C=O) groups is 1. The lowest BCUT2D eigenvalue weighted by Crippen LogP contribution is -2.03. The van der Waals surface area contributed by atoms with Crippen LogP contribution in [0.25, 0.3) is 0 Å². The van der Waals surface area contributed by atoms with Crippen molar-refractivity contribution in [3.05, 3.63) is 85.2 Å². The molecule has 0 unspecified atom stereocenters. The maximum atomic E-state index is 11.7. The van der Waals surface area contributed by atoms with Crippen molar-refractivity contribution in [3.8, 4) is 0 Å². The quantitative estimate of drug-likeness (QED) is 0.435. The zero-order chi connectivity index (χ0) is 12.5. The van der Waals surface area contributed by atoms with E-state index >= 15 is 0 Å². The van der Waals surface area contributed by atoms with Crippen molar-refractivity contribution in [1.29, 1.82) is 0 Å². The van der Waals surface area contributed by atoms with E-state index in [2.05, 4.69) is 13.2 Å². The molecule has 0 saturated carbocycles. The summed E-state index contributed by atoms with van der Waals surface area (Å²) >= 11 is 0. The van der Waals surface area contributed by atoms with Gasteiger partial charge in [-0.1, -0.05) is 49.6 Å². The molecule has 0 spiro atoms. The molecular weight excluding hydrogens is 212 g/mol. The number of allylic oxidation sites excluding steroid dienone is 5. The van der Waals surface area contributed by atoms with E-state index in [0.29, 0.717) is 11.3 Å². The average molecular weight is 226 g/mol. The van der Waals surface area contributed by atoms with Gasteiger partial charge in [-0.25, -0.2) is 4.79 Å². The standard InChI is InChI=1S/C15H14O2/c1-3-5-12-14(9-4-2)17-15(16)13-10-7-6-8-11-13/h3-12H,1-2H2/b12-5-,14-9+. The summed E-state index contributed by atoms with van der Waals surface area (Å²) in [6.45, 7) is 7.11. The van der Waals surface area contributed by atoms with Crippen LogP contribution in [0, 0.1) is 0 Å². The Balaban J connectivity index is 2.78. The molecule has 0 aliphatic rings. The fourth-order valence-corrected chi connectivity index (χ4v) is 1.14. The van der Waals surface area contributed by atoms with Crippen molar-refractivity contribution in [2.24, 2.45) is 0 Å². The van der Waals surface area contributed by atoms with Gasteiger partial charge in [0.15, 0.2) is 0 Å². The van der Waals surface area contributed by atoms with Crippen LogP contribution in [0.3, 0.4) is 0 Å². The number of benzene rings is 1. The molecule has 0 amide bonds. The summed E-state index contributed by atoms with van der Waals surface area (Å²) in [5.74, 6) is 0.0289. The summed E-state index contributed by atoms with van der Waals surface area (Å²) in [4.78, 5) is 11.7. The summed E-state index contributed by atoms with van der Waals surface area (Å²) in [7, 11) is 0. The van der Waals surface area contributed by atoms with Gasteiger partial charge in [-0.05, 0) is 24.3 Å². The predicted octanol–water partition coefficient (Wildman–Crippen LogP) is 3.66. The summed E-state index contributed by atoms with van der Waals surface area (Å²) in [6, 6.07) is 8.81. The van der Waals surface area contributed by atoms with Gasteiger partial charge in [-0.3, -0.25) is 0 Å². The van der Waals surface area contributed by atoms with Crippen LogP contribution < -0.4 is 0 Å². The maximum Gasteiger partial charge on any atom is 0.343 e. The van der Waals surface area contributed by atoms with E-state index in [4.69, 9.17) is 4.74 Å². The first-order valence-electron chi connectivity index (χ1n) is 5.17.